The van der Waals surface area contributed by atoms with Gasteiger partial charge in [0.2, 0.25) is 0 Å². The molecule has 4 unspecified atom stereocenters. The van der Waals surface area contributed by atoms with Crippen LogP contribution < -0.4 is 10.6 Å². The van der Waals surface area contributed by atoms with Crippen molar-refractivity contribution in [1.82, 2.24) is 10.3 Å². The largest absolute Gasteiger partial charge is 0.372 e. The minimum absolute atomic E-state index is 0.0385. The van der Waals surface area contributed by atoms with Crippen molar-refractivity contribution in [3.05, 3.63) is 22.3 Å². The van der Waals surface area contributed by atoms with Crippen molar-refractivity contribution >= 4 is 27.7 Å². The number of halogens is 1. The summed E-state index contributed by atoms with van der Waals surface area (Å²) in [6.07, 6.45) is 7.08. The summed E-state index contributed by atoms with van der Waals surface area (Å²) in [4.78, 5) is 16.8. The van der Waals surface area contributed by atoms with Gasteiger partial charge in [-0.05, 0) is 65.9 Å². The van der Waals surface area contributed by atoms with E-state index < -0.39 is 0 Å². The van der Waals surface area contributed by atoms with E-state index in [0.717, 1.165) is 16.3 Å². The highest BCUT2D eigenvalue weighted by Gasteiger charge is 2.42. The first-order valence-electron chi connectivity index (χ1n) is 7.72. The standard InChI is InChI=1S/C16H22BrN3O/c1-9(13-6-10-3-4-11(13)5-10)20-16(21)14-7-12(17)8-19-15(14)18-2/h7-11,13H,3-6H2,1-2H3,(H,18,19)(H,20,21). The van der Waals surface area contributed by atoms with Gasteiger partial charge in [0.25, 0.3) is 5.91 Å². The molecular formula is C16H22BrN3O. The molecule has 3 rings (SSSR count). The predicted molar refractivity (Wildman–Crippen MR) is 87.3 cm³/mol. The summed E-state index contributed by atoms with van der Waals surface area (Å²) in [7, 11) is 1.78. The molecule has 2 aliphatic rings. The Kier molecular flexibility index (Phi) is 4.20. The highest BCUT2D eigenvalue weighted by molar-refractivity contribution is 9.10. The maximum absolute atomic E-state index is 12.5. The van der Waals surface area contributed by atoms with Gasteiger partial charge in [-0.1, -0.05) is 6.42 Å². The molecule has 2 fully saturated rings. The Morgan fingerprint density at radius 3 is 2.86 bits per heavy atom. The molecule has 2 N–H and O–H groups in total. The first-order valence-corrected chi connectivity index (χ1v) is 8.52. The van der Waals surface area contributed by atoms with Gasteiger partial charge in [0.05, 0.1) is 5.56 Å². The van der Waals surface area contributed by atoms with Crippen molar-refractivity contribution in [3.63, 3.8) is 0 Å². The highest BCUT2D eigenvalue weighted by Crippen LogP contribution is 2.49. The molecule has 0 aromatic carbocycles. The number of amides is 1. The normalized spacial score (nSPS) is 28.4. The predicted octanol–water partition coefficient (Wildman–Crippen LogP) is 3.44. The Balaban J connectivity index is 1.70. The fourth-order valence-electron chi connectivity index (χ4n) is 4.11. The van der Waals surface area contributed by atoms with Gasteiger partial charge in [-0.15, -0.1) is 0 Å². The number of carbonyl (C=O) groups is 1. The number of aromatic nitrogens is 1. The van der Waals surface area contributed by atoms with Crippen LogP contribution in [0.1, 0.15) is 43.0 Å². The average molecular weight is 352 g/mol. The molecule has 0 radical (unpaired) electrons. The van der Waals surface area contributed by atoms with Gasteiger partial charge in [0, 0.05) is 23.8 Å². The van der Waals surface area contributed by atoms with Gasteiger partial charge in [0.1, 0.15) is 5.82 Å². The minimum Gasteiger partial charge on any atom is -0.372 e. The van der Waals surface area contributed by atoms with Gasteiger partial charge in [-0.3, -0.25) is 4.79 Å². The molecule has 5 heteroatoms. The molecule has 21 heavy (non-hydrogen) atoms. The summed E-state index contributed by atoms with van der Waals surface area (Å²) >= 11 is 3.38. The van der Waals surface area contributed by atoms with E-state index in [0.29, 0.717) is 17.3 Å². The van der Waals surface area contributed by atoms with Crippen molar-refractivity contribution in [1.29, 1.82) is 0 Å². The van der Waals surface area contributed by atoms with Crippen LogP contribution in [-0.4, -0.2) is 24.0 Å². The molecule has 1 heterocycles. The zero-order valence-electron chi connectivity index (χ0n) is 12.5. The van der Waals surface area contributed by atoms with Crippen LogP contribution in [0.5, 0.6) is 0 Å². The molecule has 2 aliphatic carbocycles. The zero-order chi connectivity index (χ0) is 15.0. The maximum atomic E-state index is 12.5. The lowest BCUT2D eigenvalue weighted by atomic mass is 9.84. The lowest BCUT2D eigenvalue weighted by Gasteiger charge is -2.28. The van der Waals surface area contributed by atoms with Gasteiger partial charge < -0.3 is 10.6 Å². The molecule has 1 aromatic rings. The smallest absolute Gasteiger partial charge is 0.255 e. The summed E-state index contributed by atoms with van der Waals surface area (Å²) in [5.74, 6) is 2.94. The highest BCUT2D eigenvalue weighted by atomic mass is 79.9. The number of fused-ring (bicyclic) bond motifs is 2. The fraction of sp³-hybridized carbons (Fsp3) is 0.625. The molecule has 0 saturated heterocycles. The molecule has 2 saturated carbocycles. The average Bonchev–Trinajstić information content (AvgIpc) is 3.09. The second-order valence-corrected chi connectivity index (χ2v) is 7.32. The first-order chi connectivity index (χ1) is 10.1. The molecule has 114 valence electrons. The van der Waals surface area contributed by atoms with Crippen LogP contribution in [-0.2, 0) is 0 Å². The Hall–Kier alpha value is -1.10. The lowest BCUT2D eigenvalue weighted by molar-refractivity contribution is 0.0916. The van der Waals surface area contributed by atoms with Gasteiger partial charge >= 0.3 is 0 Å². The molecule has 1 aromatic heterocycles. The molecule has 4 nitrogen and oxygen atoms in total. The van der Waals surface area contributed by atoms with Crippen molar-refractivity contribution in [2.24, 2.45) is 17.8 Å². The van der Waals surface area contributed by atoms with Gasteiger partial charge in [-0.2, -0.15) is 0 Å². The Bertz CT molecular complexity index is 548. The van der Waals surface area contributed by atoms with Crippen LogP contribution >= 0.6 is 15.9 Å². The van der Waals surface area contributed by atoms with E-state index in [4.69, 9.17) is 0 Å². The van der Waals surface area contributed by atoms with Crippen molar-refractivity contribution < 1.29 is 4.79 Å². The van der Waals surface area contributed by atoms with Gasteiger partial charge in [-0.25, -0.2) is 4.98 Å². The summed E-state index contributed by atoms with van der Waals surface area (Å²) in [6, 6.07) is 2.05. The summed E-state index contributed by atoms with van der Waals surface area (Å²) in [6.45, 7) is 2.15. The third-order valence-corrected chi connectivity index (χ3v) is 5.56. The Labute approximate surface area is 134 Å². The van der Waals surface area contributed by atoms with E-state index in [1.807, 2.05) is 6.07 Å². The number of hydrogen-bond donors (Lipinski definition) is 2. The van der Waals surface area contributed by atoms with Crippen LogP contribution in [0.15, 0.2) is 16.7 Å². The second-order valence-electron chi connectivity index (χ2n) is 6.40. The summed E-state index contributed by atoms with van der Waals surface area (Å²) in [5.41, 5.74) is 0.599. The van der Waals surface area contributed by atoms with Crippen LogP contribution in [0.25, 0.3) is 0 Å². The number of hydrogen-bond acceptors (Lipinski definition) is 3. The molecule has 0 aliphatic heterocycles. The summed E-state index contributed by atoms with van der Waals surface area (Å²) in [5, 5.41) is 6.17. The minimum atomic E-state index is -0.0385. The topological polar surface area (TPSA) is 54.0 Å². The third kappa shape index (κ3) is 2.93. The third-order valence-electron chi connectivity index (χ3n) is 5.13. The van der Waals surface area contributed by atoms with E-state index in [-0.39, 0.29) is 11.9 Å². The molecule has 0 spiro atoms. The van der Waals surface area contributed by atoms with Crippen LogP contribution in [0.4, 0.5) is 5.82 Å². The lowest BCUT2D eigenvalue weighted by Crippen LogP contribution is -2.40. The Morgan fingerprint density at radius 1 is 1.43 bits per heavy atom. The number of nitrogens with zero attached hydrogens (tertiary/aromatic N) is 1. The van der Waals surface area contributed by atoms with E-state index in [1.54, 1.807) is 13.2 Å². The molecule has 4 atom stereocenters. The zero-order valence-corrected chi connectivity index (χ0v) is 14.1. The van der Waals surface area contributed by atoms with Crippen LogP contribution in [0, 0.1) is 17.8 Å². The van der Waals surface area contributed by atoms with Crippen LogP contribution in [0.2, 0.25) is 0 Å². The van der Waals surface area contributed by atoms with E-state index in [9.17, 15) is 4.79 Å². The molecule has 2 bridgehead atoms. The van der Waals surface area contributed by atoms with E-state index in [2.05, 4.69) is 38.5 Å². The summed E-state index contributed by atoms with van der Waals surface area (Å²) < 4.78 is 0.819. The fourth-order valence-corrected chi connectivity index (χ4v) is 4.44. The quantitative estimate of drug-likeness (QED) is 0.873. The number of rotatable bonds is 4. The molecular weight excluding hydrogens is 330 g/mol. The number of carbonyl (C=O) groups excluding carboxylic acids is 1. The van der Waals surface area contributed by atoms with E-state index >= 15 is 0 Å². The van der Waals surface area contributed by atoms with Crippen molar-refractivity contribution in [3.8, 4) is 0 Å². The maximum Gasteiger partial charge on any atom is 0.255 e. The first kappa shape index (κ1) is 14.8. The van der Waals surface area contributed by atoms with Crippen molar-refractivity contribution in [2.75, 3.05) is 12.4 Å². The molecule has 1 amide bonds. The van der Waals surface area contributed by atoms with Crippen molar-refractivity contribution in [2.45, 2.75) is 38.6 Å². The number of anilines is 1. The SMILES string of the molecule is CNc1ncc(Br)cc1C(=O)NC(C)C1CC2CCC1C2. The second kappa shape index (κ2) is 5.95. The van der Waals surface area contributed by atoms with Crippen LogP contribution in [0.3, 0.4) is 0 Å². The number of pyridine rings is 1. The number of nitrogens with one attached hydrogen (secondary N) is 2. The Morgan fingerprint density at radius 2 is 2.24 bits per heavy atom. The van der Waals surface area contributed by atoms with E-state index in [1.165, 1.54) is 25.7 Å². The monoisotopic (exact) mass is 351 g/mol. The van der Waals surface area contributed by atoms with Gasteiger partial charge in [0.15, 0.2) is 0 Å².